The van der Waals surface area contributed by atoms with Crippen LogP contribution in [0.3, 0.4) is 0 Å². The quantitative estimate of drug-likeness (QED) is 0.838. The van der Waals surface area contributed by atoms with Crippen molar-refractivity contribution < 1.29 is 9.53 Å². The summed E-state index contributed by atoms with van der Waals surface area (Å²) >= 11 is 1.66. The van der Waals surface area contributed by atoms with Gasteiger partial charge in [0, 0.05) is 23.9 Å². The maximum absolute atomic E-state index is 11.8. The molecule has 3 nitrogen and oxygen atoms in total. The number of ether oxygens (including phenoxy) is 1. The van der Waals surface area contributed by atoms with E-state index in [9.17, 15) is 4.79 Å². The van der Waals surface area contributed by atoms with E-state index in [1.165, 1.54) is 4.88 Å². The topological polar surface area (TPSA) is 29.5 Å². The van der Waals surface area contributed by atoms with Gasteiger partial charge in [-0.1, -0.05) is 24.3 Å². The van der Waals surface area contributed by atoms with E-state index < -0.39 is 0 Å². The highest BCUT2D eigenvalue weighted by Crippen LogP contribution is 2.21. The van der Waals surface area contributed by atoms with Crippen molar-refractivity contribution in [3.05, 3.63) is 52.2 Å². The summed E-state index contributed by atoms with van der Waals surface area (Å²) in [7, 11) is 1.65. The molecule has 0 saturated carbocycles. The van der Waals surface area contributed by atoms with Crippen molar-refractivity contribution in [3.63, 3.8) is 0 Å². The van der Waals surface area contributed by atoms with Gasteiger partial charge in [0.25, 0.3) is 0 Å². The van der Waals surface area contributed by atoms with Crippen LogP contribution in [0, 0.1) is 0 Å². The van der Waals surface area contributed by atoms with Gasteiger partial charge >= 0.3 is 0 Å². The first kappa shape index (κ1) is 13.6. The molecule has 4 heteroatoms. The maximum atomic E-state index is 11.8. The van der Waals surface area contributed by atoms with Crippen LogP contribution in [0.4, 0.5) is 0 Å². The maximum Gasteiger partial charge on any atom is 0.220 e. The zero-order valence-electron chi connectivity index (χ0n) is 11.1. The van der Waals surface area contributed by atoms with Gasteiger partial charge in [-0.3, -0.25) is 4.79 Å². The van der Waals surface area contributed by atoms with E-state index in [4.69, 9.17) is 4.74 Å². The fourth-order valence-corrected chi connectivity index (χ4v) is 2.63. The van der Waals surface area contributed by atoms with E-state index in [1.807, 2.05) is 46.7 Å². The molecule has 2 aromatic rings. The standard InChI is InChI=1S/C15H17NO2S/c1-12(17)16(11-14-7-5-9-19-14)10-13-6-3-4-8-15(13)18-2/h3-9H,10-11H2,1-2H3. The summed E-state index contributed by atoms with van der Waals surface area (Å²) in [6.07, 6.45) is 0. The molecule has 2 rings (SSSR count). The molecule has 0 aliphatic heterocycles. The lowest BCUT2D eigenvalue weighted by molar-refractivity contribution is -0.130. The van der Waals surface area contributed by atoms with Crippen LogP contribution in [0.1, 0.15) is 17.4 Å². The molecule has 0 aliphatic rings. The molecular weight excluding hydrogens is 258 g/mol. The normalized spacial score (nSPS) is 10.2. The molecule has 0 unspecified atom stereocenters. The van der Waals surface area contributed by atoms with Crippen LogP contribution in [-0.2, 0) is 17.9 Å². The van der Waals surface area contributed by atoms with E-state index in [0.29, 0.717) is 13.1 Å². The lowest BCUT2D eigenvalue weighted by Gasteiger charge is -2.21. The van der Waals surface area contributed by atoms with Gasteiger partial charge in [0.05, 0.1) is 13.7 Å². The molecule has 0 radical (unpaired) electrons. The zero-order valence-corrected chi connectivity index (χ0v) is 11.9. The average molecular weight is 275 g/mol. The van der Waals surface area contributed by atoms with Crippen LogP contribution in [0.2, 0.25) is 0 Å². The minimum absolute atomic E-state index is 0.0688. The Morgan fingerprint density at radius 1 is 1.21 bits per heavy atom. The number of thiophene rings is 1. The van der Waals surface area contributed by atoms with Crippen LogP contribution in [-0.4, -0.2) is 17.9 Å². The van der Waals surface area contributed by atoms with E-state index in [-0.39, 0.29) is 5.91 Å². The number of para-hydroxylation sites is 1. The minimum atomic E-state index is 0.0688. The second-order valence-electron chi connectivity index (χ2n) is 4.27. The molecule has 1 aromatic heterocycles. The Hall–Kier alpha value is -1.81. The summed E-state index contributed by atoms with van der Waals surface area (Å²) in [6.45, 7) is 2.81. The smallest absolute Gasteiger partial charge is 0.220 e. The molecule has 19 heavy (non-hydrogen) atoms. The van der Waals surface area contributed by atoms with Gasteiger partial charge in [0.2, 0.25) is 5.91 Å². The fraction of sp³-hybridized carbons (Fsp3) is 0.267. The molecular formula is C15H17NO2S. The number of amides is 1. The highest BCUT2D eigenvalue weighted by Gasteiger charge is 2.13. The van der Waals surface area contributed by atoms with Crippen LogP contribution in [0.15, 0.2) is 41.8 Å². The van der Waals surface area contributed by atoms with Gasteiger partial charge in [-0.05, 0) is 17.5 Å². The summed E-state index contributed by atoms with van der Waals surface area (Å²) in [4.78, 5) is 14.8. The number of carbonyl (C=O) groups excluding carboxylic acids is 1. The number of carbonyl (C=O) groups is 1. The Morgan fingerprint density at radius 2 is 2.00 bits per heavy atom. The van der Waals surface area contributed by atoms with E-state index in [2.05, 4.69) is 0 Å². The fourth-order valence-electron chi connectivity index (χ4n) is 1.91. The van der Waals surface area contributed by atoms with Crippen molar-refractivity contribution in [2.45, 2.75) is 20.0 Å². The van der Waals surface area contributed by atoms with Crippen molar-refractivity contribution in [1.82, 2.24) is 4.90 Å². The predicted molar refractivity (Wildman–Crippen MR) is 77.2 cm³/mol. The van der Waals surface area contributed by atoms with Gasteiger partial charge in [0.15, 0.2) is 0 Å². The molecule has 1 heterocycles. The Labute approximate surface area is 117 Å². The molecule has 0 fully saturated rings. The minimum Gasteiger partial charge on any atom is -0.496 e. The molecule has 0 atom stereocenters. The number of methoxy groups -OCH3 is 1. The lowest BCUT2D eigenvalue weighted by atomic mass is 10.2. The molecule has 1 amide bonds. The Balaban J connectivity index is 2.14. The first-order valence-electron chi connectivity index (χ1n) is 6.10. The van der Waals surface area contributed by atoms with Crippen molar-refractivity contribution >= 4 is 17.2 Å². The summed E-state index contributed by atoms with van der Waals surface area (Å²) in [6, 6.07) is 11.8. The van der Waals surface area contributed by atoms with Crippen molar-refractivity contribution in [3.8, 4) is 5.75 Å². The van der Waals surface area contributed by atoms with Gasteiger partial charge in [-0.15, -0.1) is 11.3 Å². The average Bonchev–Trinajstić information content (AvgIpc) is 2.91. The van der Waals surface area contributed by atoms with Crippen molar-refractivity contribution in [1.29, 1.82) is 0 Å². The lowest BCUT2D eigenvalue weighted by Crippen LogP contribution is -2.27. The third-order valence-corrected chi connectivity index (χ3v) is 3.79. The highest BCUT2D eigenvalue weighted by atomic mass is 32.1. The summed E-state index contributed by atoms with van der Waals surface area (Å²) in [5.41, 5.74) is 1.02. The number of hydrogen-bond donors (Lipinski definition) is 0. The Morgan fingerprint density at radius 3 is 2.63 bits per heavy atom. The SMILES string of the molecule is COc1ccccc1CN(Cc1cccs1)C(C)=O. The monoisotopic (exact) mass is 275 g/mol. The number of rotatable bonds is 5. The third kappa shape index (κ3) is 3.58. The largest absolute Gasteiger partial charge is 0.496 e. The summed E-state index contributed by atoms with van der Waals surface area (Å²) in [5, 5.41) is 2.02. The van der Waals surface area contributed by atoms with Gasteiger partial charge < -0.3 is 9.64 Å². The molecule has 0 spiro atoms. The Bertz CT molecular complexity index is 537. The second kappa shape index (κ2) is 6.38. The molecule has 0 bridgehead atoms. The van der Waals surface area contributed by atoms with Crippen LogP contribution >= 0.6 is 11.3 Å². The molecule has 1 aromatic carbocycles. The van der Waals surface area contributed by atoms with Gasteiger partial charge in [-0.2, -0.15) is 0 Å². The van der Waals surface area contributed by atoms with E-state index in [1.54, 1.807) is 25.4 Å². The molecule has 0 saturated heterocycles. The first-order chi connectivity index (χ1) is 9.20. The van der Waals surface area contributed by atoms with Crippen LogP contribution in [0.25, 0.3) is 0 Å². The van der Waals surface area contributed by atoms with Gasteiger partial charge in [0.1, 0.15) is 5.75 Å². The van der Waals surface area contributed by atoms with Crippen LogP contribution < -0.4 is 4.74 Å². The summed E-state index contributed by atoms with van der Waals surface area (Å²) in [5.74, 6) is 0.888. The van der Waals surface area contributed by atoms with Crippen LogP contribution in [0.5, 0.6) is 5.75 Å². The Kier molecular flexibility index (Phi) is 4.58. The number of nitrogens with zero attached hydrogens (tertiary/aromatic N) is 1. The molecule has 0 aliphatic carbocycles. The number of hydrogen-bond acceptors (Lipinski definition) is 3. The van der Waals surface area contributed by atoms with Crippen molar-refractivity contribution in [2.24, 2.45) is 0 Å². The first-order valence-corrected chi connectivity index (χ1v) is 6.98. The summed E-state index contributed by atoms with van der Waals surface area (Å²) < 4.78 is 5.33. The van der Waals surface area contributed by atoms with Crippen molar-refractivity contribution in [2.75, 3.05) is 7.11 Å². The van der Waals surface area contributed by atoms with E-state index >= 15 is 0 Å². The molecule has 0 N–H and O–H groups in total. The third-order valence-electron chi connectivity index (χ3n) is 2.93. The second-order valence-corrected chi connectivity index (χ2v) is 5.30. The highest BCUT2D eigenvalue weighted by molar-refractivity contribution is 7.09. The number of benzene rings is 1. The predicted octanol–water partition coefficient (Wildman–Crippen LogP) is 3.31. The van der Waals surface area contributed by atoms with E-state index in [0.717, 1.165) is 11.3 Å². The zero-order chi connectivity index (χ0) is 13.7. The molecule has 100 valence electrons. The van der Waals surface area contributed by atoms with Gasteiger partial charge in [-0.25, -0.2) is 0 Å².